The molecule has 1 fully saturated rings. The summed E-state index contributed by atoms with van der Waals surface area (Å²) in [6, 6.07) is 5.61. The van der Waals surface area contributed by atoms with Crippen LogP contribution in [0.1, 0.15) is 95.3 Å². The summed E-state index contributed by atoms with van der Waals surface area (Å²) in [5.41, 5.74) is 0.124. The monoisotopic (exact) mass is 442 g/mol. The van der Waals surface area contributed by atoms with Crippen molar-refractivity contribution in [2.75, 3.05) is 13.2 Å². The van der Waals surface area contributed by atoms with E-state index in [2.05, 4.69) is 19.1 Å². The molecule has 1 aromatic carbocycles. The van der Waals surface area contributed by atoms with Crippen LogP contribution in [0.4, 0.5) is 4.39 Å². The fourth-order valence-corrected chi connectivity index (χ4v) is 4.88. The van der Waals surface area contributed by atoms with Gasteiger partial charge in [-0.1, -0.05) is 50.5 Å². The maximum absolute atomic E-state index is 15.3. The molecule has 0 aliphatic heterocycles. The van der Waals surface area contributed by atoms with Gasteiger partial charge < -0.3 is 9.15 Å². The molecule has 1 aliphatic carbocycles. The highest BCUT2D eigenvalue weighted by Crippen LogP contribution is 2.38. The molecule has 32 heavy (non-hydrogen) atoms. The van der Waals surface area contributed by atoms with Gasteiger partial charge in [-0.05, 0) is 80.7 Å². The molecule has 176 valence electrons. The number of benzene rings is 1. The van der Waals surface area contributed by atoms with Crippen molar-refractivity contribution in [1.82, 2.24) is 0 Å². The van der Waals surface area contributed by atoms with E-state index in [0.717, 1.165) is 58.2 Å². The zero-order valence-corrected chi connectivity index (χ0v) is 19.8. The fourth-order valence-electron chi connectivity index (χ4n) is 4.88. The van der Waals surface area contributed by atoms with Crippen LogP contribution in [0.15, 0.2) is 39.6 Å². The molecule has 0 radical (unpaired) electrons. The zero-order chi connectivity index (χ0) is 22.8. The van der Waals surface area contributed by atoms with Crippen molar-refractivity contribution in [3.63, 3.8) is 0 Å². The lowest BCUT2D eigenvalue weighted by molar-refractivity contribution is 0.126. The van der Waals surface area contributed by atoms with Crippen LogP contribution in [0.25, 0.3) is 10.8 Å². The second kappa shape index (κ2) is 12.9. The highest BCUT2D eigenvalue weighted by molar-refractivity contribution is 5.83. The Bertz CT molecular complexity index is 922. The number of allylic oxidation sites excluding steroid dienone is 2. The van der Waals surface area contributed by atoms with Gasteiger partial charge >= 0.3 is 5.63 Å². The molecular weight excluding hydrogens is 403 g/mol. The molecule has 1 aliphatic rings. The van der Waals surface area contributed by atoms with Gasteiger partial charge in [0.15, 0.2) is 0 Å². The number of unbranched alkanes of at least 4 members (excludes halogenated alkanes) is 4. The molecule has 0 spiro atoms. The van der Waals surface area contributed by atoms with Gasteiger partial charge in [-0.25, -0.2) is 9.18 Å². The molecule has 0 N–H and O–H groups in total. The predicted molar refractivity (Wildman–Crippen MR) is 130 cm³/mol. The summed E-state index contributed by atoms with van der Waals surface area (Å²) in [4.78, 5) is 12.6. The van der Waals surface area contributed by atoms with Crippen LogP contribution < -0.4 is 5.63 Å². The van der Waals surface area contributed by atoms with E-state index >= 15 is 4.39 Å². The minimum Gasteiger partial charge on any atom is -0.427 e. The van der Waals surface area contributed by atoms with E-state index in [0.29, 0.717) is 29.0 Å². The smallest absolute Gasteiger partial charge is 0.346 e. The van der Waals surface area contributed by atoms with Crippen LogP contribution >= 0.6 is 0 Å². The third-order valence-electron chi connectivity index (χ3n) is 6.73. The van der Waals surface area contributed by atoms with Gasteiger partial charge in [-0.2, -0.15) is 0 Å². The second-order valence-electron chi connectivity index (χ2n) is 9.20. The number of fused-ring (bicyclic) bond motifs is 1. The van der Waals surface area contributed by atoms with Gasteiger partial charge in [-0.3, -0.25) is 0 Å². The summed E-state index contributed by atoms with van der Waals surface area (Å²) in [7, 11) is 0. The van der Waals surface area contributed by atoms with Gasteiger partial charge in [0.05, 0.1) is 0 Å². The van der Waals surface area contributed by atoms with Crippen LogP contribution in [-0.4, -0.2) is 13.2 Å². The molecule has 0 atom stereocenters. The maximum Gasteiger partial charge on any atom is 0.346 e. The normalized spacial score (nSPS) is 19.2. The van der Waals surface area contributed by atoms with Crippen LogP contribution in [0.5, 0.6) is 0 Å². The number of ether oxygens (including phenoxy) is 1. The Morgan fingerprint density at radius 1 is 1.06 bits per heavy atom. The average molecular weight is 443 g/mol. The molecule has 0 bridgehead atoms. The third kappa shape index (κ3) is 6.78. The molecule has 0 unspecified atom stereocenters. The second-order valence-corrected chi connectivity index (χ2v) is 9.20. The van der Waals surface area contributed by atoms with E-state index in [1.54, 1.807) is 0 Å². The van der Waals surface area contributed by atoms with E-state index in [1.807, 2.05) is 25.1 Å². The van der Waals surface area contributed by atoms with Gasteiger partial charge in [0, 0.05) is 19.6 Å². The molecule has 2 aromatic rings. The Kier molecular flexibility index (Phi) is 9.98. The SMILES string of the molecule is C/C=C/C1CCC(c2ccc3cc(CCCCOCCCCCC)oc(=O)c3c2F)CC1. The summed E-state index contributed by atoms with van der Waals surface area (Å²) >= 11 is 0. The number of halogens is 1. The molecule has 1 saturated carbocycles. The Morgan fingerprint density at radius 3 is 2.53 bits per heavy atom. The summed E-state index contributed by atoms with van der Waals surface area (Å²) in [5.74, 6) is 1.03. The van der Waals surface area contributed by atoms with E-state index in [9.17, 15) is 4.79 Å². The maximum atomic E-state index is 15.3. The van der Waals surface area contributed by atoms with Gasteiger partial charge in [0.2, 0.25) is 0 Å². The van der Waals surface area contributed by atoms with Crippen molar-refractivity contribution in [2.45, 2.75) is 90.4 Å². The Labute approximate surface area is 192 Å². The number of hydrogen-bond acceptors (Lipinski definition) is 3. The van der Waals surface area contributed by atoms with Gasteiger partial charge in [0.1, 0.15) is 17.0 Å². The number of rotatable bonds is 12. The molecule has 0 saturated heterocycles. The van der Waals surface area contributed by atoms with Crippen molar-refractivity contribution < 1.29 is 13.5 Å². The zero-order valence-electron chi connectivity index (χ0n) is 19.8. The molecule has 3 rings (SSSR count). The molecule has 3 nitrogen and oxygen atoms in total. The predicted octanol–water partition coefficient (Wildman–Crippen LogP) is 7.70. The first kappa shape index (κ1) is 24.7. The third-order valence-corrected chi connectivity index (χ3v) is 6.73. The van der Waals surface area contributed by atoms with Crippen molar-refractivity contribution in [1.29, 1.82) is 0 Å². The van der Waals surface area contributed by atoms with E-state index in [1.165, 1.54) is 19.3 Å². The number of hydrogen-bond donors (Lipinski definition) is 0. The van der Waals surface area contributed by atoms with Crippen LogP contribution in [0.3, 0.4) is 0 Å². The van der Waals surface area contributed by atoms with E-state index in [-0.39, 0.29) is 17.1 Å². The lowest BCUT2D eigenvalue weighted by Crippen LogP contribution is -2.14. The fraction of sp³-hybridized carbons (Fsp3) is 0.607. The summed E-state index contributed by atoms with van der Waals surface area (Å²) in [5, 5.41) is 0.754. The largest absolute Gasteiger partial charge is 0.427 e. The standard InChI is InChI=1S/C28H39FO3/c1-3-5-6-8-18-31-19-9-7-11-24-20-23-16-17-25(27(29)26(23)28(30)32-24)22-14-12-21(10-4-2)13-15-22/h4,10,16-17,20-22H,3,5-9,11-15,18-19H2,1-2H3/b10-4+. The van der Waals surface area contributed by atoms with E-state index in [4.69, 9.17) is 9.15 Å². The lowest BCUT2D eigenvalue weighted by Gasteiger charge is -2.27. The minimum absolute atomic E-state index is 0.109. The summed E-state index contributed by atoms with van der Waals surface area (Å²) < 4.78 is 26.5. The first-order valence-corrected chi connectivity index (χ1v) is 12.6. The van der Waals surface area contributed by atoms with Crippen LogP contribution in [-0.2, 0) is 11.2 Å². The summed E-state index contributed by atoms with van der Waals surface area (Å²) in [6.45, 7) is 5.81. The Balaban J connectivity index is 1.56. The average Bonchev–Trinajstić information content (AvgIpc) is 2.79. The van der Waals surface area contributed by atoms with E-state index < -0.39 is 5.63 Å². The van der Waals surface area contributed by atoms with Crippen molar-refractivity contribution in [2.24, 2.45) is 5.92 Å². The molecular formula is C28H39FO3. The molecule has 0 amide bonds. The van der Waals surface area contributed by atoms with Crippen molar-refractivity contribution >= 4 is 10.8 Å². The minimum atomic E-state index is -0.549. The quantitative estimate of drug-likeness (QED) is 0.250. The van der Waals surface area contributed by atoms with Crippen LogP contribution in [0, 0.1) is 11.7 Å². The molecule has 1 heterocycles. The van der Waals surface area contributed by atoms with Gasteiger partial charge in [0.25, 0.3) is 0 Å². The highest BCUT2D eigenvalue weighted by atomic mass is 19.1. The molecule has 4 heteroatoms. The lowest BCUT2D eigenvalue weighted by atomic mass is 9.78. The highest BCUT2D eigenvalue weighted by Gasteiger charge is 2.25. The van der Waals surface area contributed by atoms with Crippen LogP contribution in [0.2, 0.25) is 0 Å². The Morgan fingerprint density at radius 2 is 1.81 bits per heavy atom. The van der Waals surface area contributed by atoms with Crippen molar-refractivity contribution in [3.8, 4) is 0 Å². The van der Waals surface area contributed by atoms with Crippen molar-refractivity contribution in [3.05, 3.63) is 57.9 Å². The first-order chi connectivity index (χ1) is 15.6. The number of aryl methyl sites for hydroxylation is 1. The Hall–Kier alpha value is -1.94. The summed E-state index contributed by atoms with van der Waals surface area (Å²) in [6.07, 6.45) is 15.8. The first-order valence-electron chi connectivity index (χ1n) is 12.6. The topological polar surface area (TPSA) is 39.4 Å². The molecule has 1 aromatic heterocycles. The van der Waals surface area contributed by atoms with Gasteiger partial charge in [-0.15, -0.1) is 0 Å².